The molecule has 0 unspecified atom stereocenters. The minimum absolute atomic E-state index is 1.30. The summed E-state index contributed by atoms with van der Waals surface area (Å²) >= 11 is 0. The van der Waals surface area contributed by atoms with E-state index in [4.69, 9.17) is 0 Å². The van der Waals surface area contributed by atoms with Crippen molar-refractivity contribution in [3.63, 3.8) is 0 Å². The average Bonchev–Trinajstić information content (AvgIpc) is 2.97. The molecule has 1 rings (SSSR count). The molecule has 0 aliphatic carbocycles. The van der Waals surface area contributed by atoms with Gasteiger partial charge in [0.25, 0.3) is 0 Å². The largest absolute Gasteiger partial charge is 0.0654 e. The quantitative estimate of drug-likeness (QED) is 0.0777. The van der Waals surface area contributed by atoms with Gasteiger partial charge in [-0.15, -0.1) is 0 Å². The molecule has 0 atom stereocenters. The van der Waals surface area contributed by atoms with E-state index in [-0.39, 0.29) is 0 Å². The van der Waals surface area contributed by atoms with Crippen LogP contribution in [0.3, 0.4) is 0 Å². The number of unbranched alkanes of at least 4 members (excludes halogenated alkanes) is 28. The van der Waals surface area contributed by atoms with Gasteiger partial charge < -0.3 is 0 Å². The monoisotopic (exact) mass is 555 g/mol. The van der Waals surface area contributed by atoms with Crippen molar-refractivity contribution in [2.75, 3.05) is 0 Å². The Morgan fingerprint density at radius 3 is 0.700 bits per heavy atom. The Kier molecular flexibility index (Phi) is 29.0. The van der Waals surface area contributed by atoms with Gasteiger partial charge >= 0.3 is 0 Å². The first-order chi connectivity index (χ1) is 19.9. The molecule has 1 aromatic carbocycles. The molecule has 1 aromatic rings. The van der Waals surface area contributed by atoms with Crippen LogP contribution in [0.5, 0.6) is 0 Å². The first-order valence-electron chi connectivity index (χ1n) is 18.9. The summed E-state index contributed by atoms with van der Waals surface area (Å²) < 4.78 is 0. The van der Waals surface area contributed by atoms with Gasteiger partial charge in [0.2, 0.25) is 0 Å². The fourth-order valence-electron chi connectivity index (χ4n) is 6.42. The zero-order chi connectivity index (χ0) is 28.6. The fourth-order valence-corrected chi connectivity index (χ4v) is 6.42. The standard InChI is InChI=1S/C40H74/c1-3-5-7-9-11-13-15-17-19-21-23-25-27-29-31-35-39-37-33-34-38-40(39)36-32-30-28-26-24-22-20-18-16-14-12-10-8-6-4-2/h33-34,37-38H,3-32,35-36H2,1-2H3. The van der Waals surface area contributed by atoms with Gasteiger partial charge in [0.15, 0.2) is 0 Å². The second-order valence-corrected chi connectivity index (χ2v) is 13.2. The normalized spacial score (nSPS) is 11.4. The van der Waals surface area contributed by atoms with Crippen LogP contribution in [0.4, 0.5) is 0 Å². The molecular weight excluding hydrogens is 480 g/mol. The molecule has 234 valence electrons. The Morgan fingerprint density at radius 1 is 0.275 bits per heavy atom. The summed E-state index contributed by atoms with van der Waals surface area (Å²) in [5, 5.41) is 0. The van der Waals surface area contributed by atoms with E-state index in [0.29, 0.717) is 0 Å². The molecule has 0 saturated heterocycles. The Labute approximate surface area is 254 Å². The van der Waals surface area contributed by atoms with Crippen molar-refractivity contribution in [1.29, 1.82) is 0 Å². The molecule has 40 heavy (non-hydrogen) atoms. The van der Waals surface area contributed by atoms with E-state index in [1.165, 1.54) is 205 Å². The van der Waals surface area contributed by atoms with E-state index in [9.17, 15) is 0 Å². The third kappa shape index (κ3) is 25.0. The van der Waals surface area contributed by atoms with Crippen molar-refractivity contribution in [2.24, 2.45) is 0 Å². The maximum Gasteiger partial charge on any atom is -0.0276 e. The number of aryl methyl sites for hydroxylation is 2. The highest BCUT2D eigenvalue weighted by Crippen LogP contribution is 2.19. The summed E-state index contributed by atoms with van der Waals surface area (Å²) in [5.74, 6) is 0. The highest BCUT2D eigenvalue weighted by Gasteiger charge is 2.03. The molecule has 0 aromatic heterocycles. The lowest BCUT2D eigenvalue weighted by atomic mass is 9.96. The highest BCUT2D eigenvalue weighted by molar-refractivity contribution is 5.27. The van der Waals surface area contributed by atoms with Crippen molar-refractivity contribution in [3.8, 4) is 0 Å². The third-order valence-electron chi connectivity index (χ3n) is 9.22. The molecule has 0 saturated carbocycles. The van der Waals surface area contributed by atoms with Crippen LogP contribution in [-0.4, -0.2) is 0 Å². The zero-order valence-electron chi connectivity index (χ0n) is 27.9. The van der Waals surface area contributed by atoms with Crippen LogP contribution in [0.15, 0.2) is 24.3 Å². The molecular formula is C40H74. The topological polar surface area (TPSA) is 0 Å². The summed E-state index contributed by atoms with van der Waals surface area (Å²) in [6.45, 7) is 4.61. The van der Waals surface area contributed by atoms with Crippen LogP contribution in [0.25, 0.3) is 0 Å². The van der Waals surface area contributed by atoms with Crippen molar-refractivity contribution in [2.45, 2.75) is 219 Å². The van der Waals surface area contributed by atoms with Crippen LogP contribution < -0.4 is 0 Å². The molecule has 0 nitrogen and oxygen atoms in total. The lowest BCUT2D eigenvalue weighted by molar-refractivity contribution is 0.531. The molecule has 0 heteroatoms. The van der Waals surface area contributed by atoms with Gasteiger partial charge in [-0.1, -0.05) is 218 Å². The zero-order valence-corrected chi connectivity index (χ0v) is 27.9. The van der Waals surface area contributed by atoms with Crippen molar-refractivity contribution in [3.05, 3.63) is 35.4 Å². The van der Waals surface area contributed by atoms with E-state index in [1.807, 2.05) is 0 Å². The maximum atomic E-state index is 2.41. The summed E-state index contributed by atoms with van der Waals surface area (Å²) in [6, 6.07) is 9.34. The van der Waals surface area contributed by atoms with E-state index < -0.39 is 0 Å². The van der Waals surface area contributed by atoms with Crippen LogP contribution >= 0.6 is 0 Å². The highest BCUT2D eigenvalue weighted by atomic mass is 14.1. The van der Waals surface area contributed by atoms with Gasteiger partial charge in [0, 0.05) is 0 Å². The number of rotatable bonds is 32. The minimum atomic E-state index is 1.30. The van der Waals surface area contributed by atoms with Gasteiger partial charge in [0.05, 0.1) is 0 Å². The summed E-state index contributed by atoms with van der Waals surface area (Å²) in [4.78, 5) is 0. The Hall–Kier alpha value is -0.780. The van der Waals surface area contributed by atoms with Crippen LogP contribution in [-0.2, 0) is 12.8 Å². The van der Waals surface area contributed by atoms with E-state index in [0.717, 1.165) is 0 Å². The second-order valence-electron chi connectivity index (χ2n) is 13.2. The number of benzene rings is 1. The number of hydrogen-bond donors (Lipinski definition) is 0. The van der Waals surface area contributed by atoms with E-state index in [2.05, 4.69) is 38.1 Å². The fraction of sp³-hybridized carbons (Fsp3) is 0.850. The molecule has 0 heterocycles. The second kappa shape index (κ2) is 31.2. The van der Waals surface area contributed by atoms with Crippen molar-refractivity contribution < 1.29 is 0 Å². The maximum absolute atomic E-state index is 2.41. The summed E-state index contributed by atoms with van der Waals surface area (Å²) in [5.41, 5.74) is 3.28. The Balaban J connectivity index is 1.90. The predicted octanol–water partition coefficient (Wildman–Crippen LogP) is 14.5. The lowest BCUT2D eigenvalue weighted by Gasteiger charge is -2.10. The molecule has 0 radical (unpaired) electrons. The van der Waals surface area contributed by atoms with E-state index in [1.54, 1.807) is 11.1 Å². The SMILES string of the molecule is CCCCCCCCCCCCCCCCCc1ccccc1CCCCCCCCCCCCCCCCC. The smallest absolute Gasteiger partial charge is 0.0276 e. The summed E-state index contributed by atoms with van der Waals surface area (Å²) in [7, 11) is 0. The molecule has 0 bridgehead atoms. The van der Waals surface area contributed by atoms with Crippen molar-refractivity contribution in [1.82, 2.24) is 0 Å². The van der Waals surface area contributed by atoms with Gasteiger partial charge in [-0.05, 0) is 36.8 Å². The molecule has 0 aliphatic heterocycles. The Bertz CT molecular complexity index is 549. The van der Waals surface area contributed by atoms with Crippen LogP contribution in [0.1, 0.15) is 218 Å². The minimum Gasteiger partial charge on any atom is -0.0654 e. The van der Waals surface area contributed by atoms with Crippen molar-refractivity contribution >= 4 is 0 Å². The average molecular weight is 555 g/mol. The Morgan fingerprint density at radius 2 is 0.475 bits per heavy atom. The molecule has 0 amide bonds. The van der Waals surface area contributed by atoms with E-state index >= 15 is 0 Å². The molecule has 0 aliphatic rings. The van der Waals surface area contributed by atoms with Crippen LogP contribution in [0, 0.1) is 0 Å². The van der Waals surface area contributed by atoms with Crippen LogP contribution in [0.2, 0.25) is 0 Å². The van der Waals surface area contributed by atoms with Gasteiger partial charge in [-0.2, -0.15) is 0 Å². The lowest BCUT2D eigenvalue weighted by Crippen LogP contribution is -1.95. The van der Waals surface area contributed by atoms with Gasteiger partial charge in [0.1, 0.15) is 0 Å². The number of hydrogen-bond acceptors (Lipinski definition) is 0. The first-order valence-corrected chi connectivity index (χ1v) is 18.9. The van der Waals surface area contributed by atoms with Gasteiger partial charge in [-0.3, -0.25) is 0 Å². The molecule has 0 fully saturated rings. The summed E-state index contributed by atoms with van der Waals surface area (Å²) in [6.07, 6.45) is 46.1. The molecule has 0 N–H and O–H groups in total. The third-order valence-corrected chi connectivity index (χ3v) is 9.22. The molecule has 0 spiro atoms. The van der Waals surface area contributed by atoms with Gasteiger partial charge in [-0.25, -0.2) is 0 Å². The predicted molar refractivity (Wildman–Crippen MR) is 184 cm³/mol. The first kappa shape index (κ1) is 37.2.